The van der Waals surface area contributed by atoms with Crippen LogP contribution in [-0.2, 0) is 9.53 Å². The molecule has 1 aliphatic rings. The largest absolute Gasteiger partial charge is 0.467 e. The van der Waals surface area contributed by atoms with Gasteiger partial charge in [-0.3, -0.25) is 0 Å². The Bertz CT molecular complexity index is 369. The van der Waals surface area contributed by atoms with E-state index in [1.54, 1.807) is 6.07 Å². The molecule has 1 aromatic carbocycles. The molecule has 1 unspecified atom stereocenters. The van der Waals surface area contributed by atoms with Gasteiger partial charge in [0.25, 0.3) is 0 Å². The van der Waals surface area contributed by atoms with Crippen molar-refractivity contribution in [3.05, 3.63) is 35.4 Å². The monoisotopic (exact) mass is 206 g/mol. The standard InChI is InChI=1S/C12H14O3/c1-15-12(14)11(13)10-4-2-3-9(7-10)8-5-6-8/h2-4,7-8,11,13H,5-6H2,1H3. The van der Waals surface area contributed by atoms with Crippen molar-refractivity contribution in [2.24, 2.45) is 0 Å². The third-order valence-corrected chi connectivity index (χ3v) is 2.70. The fourth-order valence-corrected chi connectivity index (χ4v) is 1.65. The molecule has 3 nitrogen and oxygen atoms in total. The minimum atomic E-state index is -1.16. The highest BCUT2D eigenvalue weighted by molar-refractivity contribution is 5.76. The van der Waals surface area contributed by atoms with Crippen molar-refractivity contribution >= 4 is 5.97 Å². The van der Waals surface area contributed by atoms with Crippen LogP contribution in [0.3, 0.4) is 0 Å². The first-order valence-electron chi connectivity index (χ1n) is 5.08. The number of hydrogen-bond acceptors (Lipinski definition) is 3. The summed E-state index contributed by atoms with van der Waals surface area (Å²) in [6.07, 6.45) is 1.25. The van der Waals surface area contributed by atoms with Gasteiger partial charge in [0.2, 0.25) is 0 Å². The van der Waals surface area contributed by atoms with E-state index >= 15 is 0 Å². The number of carbonyl (C=O) groups excluding carboxylic acids is 1. The minimum Gasteiger partial charge on any atom is -0.467 e. The van der Waals surface area contributed by atoms with Crippen LogP contribution in [0.1, 0.15) is 36.0 Å². The highest BCUT2D eigenvalue weighted by Gasteiger charge is 2.25. The number of ether oxygens (including phenoxy) is 1. The van der Waals surface area contributed by atoms with Crippen LogP contribution in [0.4, 0.5) is 0 Å². The van der Waals surface area contributed by atoms with Gasteiger partial charge in [0.15, 0.2) is 6.10 Å². The van der Waals surface area contributed by atoms with Gasteiger partial charge in [-0.2, -0.15) is 0 Å². The molecule has 0 aromatic heterocycles. The maximum Gasteiger partial charge on any atom is 0.339 e. The molecule has 1 aliphatic carbocycles. The average Bonchev–Trinajstić information content (AvgIpc) is 3.11. The molecule has 80 valence electrons. The first-order chi connectivity index (χ1) is 7.22. The summed E-state index contributed by atoms with van der Waals surface area (Å²) in [5.41, 5.74) is 1.82. The third kappa shape index (κ3) is 2.18. The molecule has 0 amide bonds. The van der Waals surface area contributed by atoms with Crippen LogP contribution in [0.2, 0.25) is 0 Å². The number of rotatable bonds is 3. The van der Waals surface area contributed by atoms with Crippen molar-refractivity contribution in [2.45, 2.75) is 24.9 Å². The lowest BCUT2D eigenvalue weighted by Crippen LogP contribution is -2.13. The van der Waals surface area contributed by atoms with E-state index in [1.165, 1.54) is 25.5 Å². The van der Waals surface area contributed by atoms with Crippen LogP contribution in [-0.4, -0.2) is 18.2 Å². The Hall–Kier alpha value is -1.35. The van der Waals surface area contributed by atoms with Crippen molar-refractivity contribution < 1.29 is 14.6 Å². The number of benzene rings is 1. The van der Waals surface area contributed by atoms with E-state index in [0.717, 1.165) is 0 Å². The zero-order valence-corrected chi connectivity index (χ0v) is 8.64. The molecule has 0 heterocycles. The quantitative estimate of drug-likeness (QED) is 0.767. The van der Waals surface area contributed by atoms with E-state index < -0.39 is 12.1 Å². The molecule has 1 N–H and O–H groups in total. The zero-order valence-electron chi connectivity index (χ0n) is 8.64. The molecule has 0 bridgehead atoms. The highest BCUT2D eigenvalue weighted by atomic mass is 16.5. The molecule has 1 fully saturated rings. The van der Waals surface area contributed by atoms with Gasteiger partial charge in [0.1, 0.15) is 0 Å². The molecule has 0 saturated heterocycles. The van der Waals surface area contributed by atoms with E-state index in [4.69, 9.17) is 0 Å². The molecule has 3 heteroatoms. The zero-order chi connectivity index (χ0) is 10.8. The highest BCUT2D eigenvalue weighted by Crippen LogP contribution is 2.40. The Labute approximate surface area is 88.7 Å². The smallest absolute Gasteiger partial charge is 0.339 e. The predicted octanol–water partition coefficient (Wildman–Crippen LogP) is 1.77. The summed E-state index contributed by atoms with van der Waals surface area (Å²) in [5, 5.41) is 9.64. The second-order valence-electron chi connectivity index (χ2n) is 3.87. The van der Waals surface area contributed by atoms with Gasteiger partial charge in [-0.1, -0.05) is 24.3 Å². The second-order valence-corrected chi connectivity index (χ2v) is 3.87. The maximum atomic E-state index is 11.1. The molecule has 1 aromatic rings. The van der Waals surface area contributed by atoms with Gasteiger partial charge in [-0.25, -0.2) is 4.79 Å². The van der Waals surface area contributed by atoms with Crippen LogP contribution in [0.5, 0.6) is 0 Å². The van der Waals surface area contributed by atoms with E-state index in [-0.39, 0.29) is 0 Å². The fraction of sp³-hybridized carbons (Fsp3) is 0.417. The molecule has 0 spiro atoms. The Balaban J connectivity index is 2.19. The molecule has 2 rings (SSSR count). The van der Waals surface area contributed by atoms with Crippen LogP contribution in [0.25, 0.3) is 0 Å². The van der Waals surface area contributed by atoms with Crippen LogP contribution in [0.15, 0.2) is 24.3 Å². The first-order valence-corrected chi connectivity index (χ1v) is 5.08. The van der Waals surface area contributed by atoms with Crippen LogP contribution in [0, 0.1) is 0 Å². The minimum absolute atomic E-state index is 0.608. The van der Waals surface area contributed by atoms with Gasteiger partial charge < -0.3 is 9.84 Å². The van der Waals surface area contributed by atoms with E-state index in [1.807, 2.05) is 18.2 Å². The Kier molecular flexibility index (Phi) is 2.73. The average molecular weight is 206 g/mol. The molecule has 15 heavy (non-hydrogen) atoms. The van der Waals surface area contributed by atoms with Crippen LogP contribution >= 0.6 is 0 Å². The summed E-state index contributed by atoms with van der Waals surface area (Å²) >= 11 is 0. The Morgan fingerprint density at radius 1 is 1.53 bits per heavy atom. The second kappa shape index (κ2) is 4.03. The first kappa shape index (κ1) is 10.2. The molecule has 0 radical (unpaired) electrons. The van der Waals surface area contributed by atoms with Crippen LogP contribution < -0.4 is 0 Å². The van der Waals surface area contributed by atoms with Crippen molar-refractivity contribution in [3.63, 3.8) is 0 Å². The van der Waals surface area contributed by atoms with Gasteiger partial charge in [0, 0.05) is 0 Å². The number of carbonyl (C=O) groups is 1. The maximum absolute atomic E-state index is 11.1. The van der Waals surface area contributed by atoms with E-state index in [2.05, 4.69) is 4.74 Å². The lowest BCUT2D eigenvalue weighted by Gasteiger charge is -2.09. The van der Waals surface area contributed by atoms with E-state index in [9.17, 15) is 9.90 Å². The summed E-state index contributed by atoms with van der Waals surface area (Å²) in [7, 11) is 1.27. The molecular weight excluding hydrogens is 192 g/mol. The van der Waals surface area contributed by atoms with Crippen molar-refractivity contribution in [1.82, 2.24) is 0 Å². The molecule has 1 atom stereocenters. The summed E-state index contributed by atoms with van der Waals surface area (Å²) in [6, 6.07) is 7.53. The van der Waals surface area contributed by atoms with Gasteiger partial charge in [-0.15, -0.1) is 0 Å². The Morgan fingerprint density at radius 2 is 2.27 bits per heavy atom. The van der Waals surface area contributed by atoms with Gasteiger partial charge in [-0.05, 0) is 29.9 Å². The van der Waals surface area contributed by atoms with Crippen molar-refractivity contribution in [2.75, 3.05) is 7.11 Å². The number of aliphatic hydroxyl groups is 1. The summed E-state index contributed by atoms with van der Waals surface area (Å²) in [6.45, 7) is 0. The Morgan fingerprint density at radius 3 is 2.87 bits per heavy atom. The summed E-state index contributed by atoms with van der Waals surface area (Å²) in [5.74, 6) is 0.0118. The van der Waals surface area contributed by atoms with E-state index in [0.29, 0.717) is 11.5 Å². The van der Waals surface area contributed by atoms with Crippen molar-refractivity contribution in [3.8, 4) is 0 Å². The molecule has 0 aliphatic heterocycles. The topological polar surface area (TPSA) is 46.5 Å². The van der Waals surface area contributed by atoms with Crippen molar-refractivity contribution in [1.29, 1.82) is 0 Å². The number of aliphatic hydroxyl groups excluding tert-OH is 1. The lowest BCUT2D eigenvalue weighted by atomic mass is 10.0. The number of hydrogen-bond donors (Lipinski definition) is 1. The number of esters is 1. The van der Waals surface area contributed by atoms with Gasteiger partial charge >= 0.3 is 5.97 Å². The third-order valence-electron chi connectivity index (χ3n) is 2.70. The van der Waals surface area contributed by atoms with Gasteiger partial charge in [0.05, 0.1) is 7.11 Å². The lowest BCUT2D eigenvalue weighted by molar-refractivity contribution is -0.150. The molecular formula is C12H14O3. The number of methoxy groups -OCH3 is 1. The molecule has 1 saturated carbocycles. The fourth-order valence-electron chi connectivity index (χ4n) is 1.65. The predicted molar refractivity (Wildman–Crippen MR) is 55.4 cm³/mol. The SMILES string of the molecule is COC(=O)C(O)c1cccc(C2CC2)c1. The summed E-state index contributed by atoms with van der Waals surface area (Å²) in [4.78, 5) is 11.1. The normalized spacial score (nSPS) is 17.2. The summed E-state index contributed by atoms with van der Waals surface area (Å²) < 4.78 is 4.49.